The maximum atomic E-state index is 13.7. The van der Waals surface area contributed by atoms with Gasteiger partial charge in [-0.1, -0.05) is 129 Å². The summed E-state index contributed by atoms with van der Waals surface area (Å²) in [6.45, 7) is 31.4. The molecule has 0 spiro atoms. The number of halogens is 2. The van der Waals surface area contributed by atoms with Gasteiger partial charge in [0.05, 0.1) is 27.2 Å². The second kappa shape index (κ2) is 41.7. The molecule has 0 aliphatic carbocycles. The van der Waals surface area contributed by atoms with E-state index in [9.17, 15) is 23.9 Å². The van der Waals surface area contributed by atoms with E-state index in [1.54, 1.807) is 6.07 Å². The molecule has 0 amide bonds. The summed E-state index contributed by atoms with van der Waals surface area (Å²) in [5.74, 6) is 0.943. The summed E-state index contributed by atoms with van der Waals surface area (Å²) in [6.07, 6.45) is 13.4. The van der Waals surface area contributed by atoms with Crippen molar-refractivity contribution in [2.45, 2.75) is 185 Å². The molecule has 0 radical (unpaired) electrons. The molecule has 3 atom stereocenters. The maximum Gasteiger partial charge on any atom is 0.331 e. The van der Waals surface area contributed by atoms with Crippen molar-refractivity contribution in [1.29, 1.82) is 5.41 Å². The number of benzene rings is 4. The molecule has 1 aromatic heterocycles. The van der Waals surface area contributed by atoms with Crippen LogP contribution in [0.5, 0.6) is 11.5 Å². The lowest BCUT2D eigenvalue weighted by Gasteiger charge is -2.42. The number of hydrogen-bond donors (Lipinski definition) is 3. The molecule has 1 aliphatic heterocycles. The Morgan fingerprint density at radius 3 is 2.06 bits per heavy atom. The van der Waals surface area contributed by atoms with E-state index in [0.29, 0.717) is 67.2 Å². The number of nitrogens with zero attached hydrogens (tertiary/aromatic N) is 3. The molecule has 4 aromatic carbocycles. The summed E-state index contributed by atoms with van der Waals surface area (Å²) < 4.78 is 26.2. The molecule has 85 heavy (non-hydrogen) atoms. The van der Waals surface area contributed by atoms with Crippen molar-refractivity contribution in [1.82, 2.24) is 9.88 Å². The van der Waals surface area contributed by atoms with Gasteiger partial charge in [-0.15, -0.1) is 0 Å². The molecular formula is C71H105ClFN4O8+. The number of fused-ring (bicyclic) bond motifs is 2. The number of hydrogen-bond acceptors (Lipinski definition) is 9. The predicted octanol–water partition coefficient (Wildman–Crippen LogP) is 18.0. The van der Waals surface area contributed by atoms with Crippen LogP contribution in [0.1, 0.15) is 193 Å². The van der Waals surface area contributed by atoms with Gasteiger partial charge in [0, 0.05) is 69.6 Å². The van der Waals surface area contributed by atoms with Crippen LogP contribution in [-0.4, -0.2) is 115 Å². The fraction of sp³-hybridized carbons (Fsp3) is 0.521. The third kappa shape index (κ3) is 24.6. The van der Waals surface area contributed by atoms with Crippen LogP contribution >= 0.6 is 11.6 Å². The summed E-state index contributed by atoms with van der Waals surface area (Å²) in [5.41, 5.74) is 9.22. The number of aromatic nitrogens is 1. The normalized spacial score (nSPS) is 14.2. The van der Waals surface area contributed by atoms with Gasteiger partial charge in [0.15, 0.2) is 0 Å². The molecule has 5 aromatic rings. The number of allylic oxidation sites excluding steroid dienone is 1. The lowest BCUT2D eigenvalue weighted by atomic mass is 9.82. The highest BCUT2D eigenvalue weighted by Crippen LogP contribution is 2.42. The summed E-state index contributed by atoms with van der Waals surface area (Å²) in [4.78, 5) is 51.1. The number of aryl methyl sites for hydroxylation is 1. The summed E-state index contributed by atoms with van der Waals surface area (Å²) in [5, 5.41) is 27.4. The van der Waals surface area contributed by atoms with Crippen LogP contribution in [0.15, 0.2) is 83.9 Å². The second-order valence-electron chi connectivity index (χ2n) is 22.1. The number of para-hydroxylation sites is 1. The molecule has 3 N–H and O–H groups in total. The van der Waals surface area contributed by atoms with Gasteiger partial charge >= 0.3 is 5.97 Å². The number of carbonyl (C=O) groups is 4. The minimum Gasteiger partial charge on any atom is -0.493 e. The van der Waals surface area contributed by atoms with Crippen LogP contribution < -0.4 is 9.47 Å². The first-order chi connectivity index (χ1) is 40.6. The smallest absolute Gasteiger partial charge is 0.331 e. The van der Waals surface area contributed by atoms with E-state index in [0.717, 1.165) is 91.3 Å². The molecule has 1 aliphatic rings. The zero-order valence-corrected chi connectivity index (χ0v) is 55.3. The first-order valence-electron chi connectivity index (χ1n) is 30.9. The largest absolute Gasteiger partial charge is 0.493 e. The molecule has 0 saturated heterocycles. The topological polar surface area (TPSA) is 167 Å². The Morgan fingerprint density at radius 2 is 1.51 bits per heavy atom. The van der Waals surface area contributed by atoms with Crippen molar-refractivity contribution >= 4 is 75.1 Å². The Kier molecular flexibility index (Phi) is 37.7. The van der Waals surface area contributed by atoms with Gasteiger partial charge in [-0.3, -0.25) is 9.59 Å². The first kappa shape index (κ1) is 76.7. The van der Waals surface area contributed by atoms with Gasteiger partial charge in [-0.25, -0.2) is 14.2 Å². The average molecular weight is 1200 g/mol. The molecule has 14 heteroatoms. The van der Waals surface area contributed by atoms with Gasteiger partial charge in [-0.2, -0.15) is 0 Å². The molecule has 470 valence electrons. The van der Waals surface area contributed by atoms with Gasteiger partial charge in [0.25, 0.3) is 6.47 Å². The molecule has 0 saturated carbocycles. The Bertz CT molecular complexity index is 2910. The monoisotopic (exact) mass is 1200 g/mol. The van der Waals surface area contributed by atoms with Crippen LogP contribution in [-0.2, 0) is 19.2 Å². The number of ketones is 1. The van der Waals surface area contributed by atoms with E-state index in [4.69, 9.17) is 36.4 Å². The fourth-order valence-electron chi connectivity index (χ4n) is 10.6. The van der Waals surface area contributed by atoms with E-state index in [2.05, 4.69) is 86.4 Å². The fourth-order valence-corrected chi connectivity index (χ4v) is 10.9. The zero-order chi connectivity index (χ0) is 64.2. The molecule has 0 fully saturated rings. The number of likely N-dealkylation sites (N-methyl/N-ethyl adjacent to an activating group) is 1. The molecule has 6 rings (SSSR count). The number of nitrogens with one attached hydrogen (secondary N) is 1. The van der Waals surface area contributed by atoms with Gasteiger partial charge < -0.3 is 39.3 Å². The number of quaternary nitrogens is 1. The summed E-state index contributed by atoms with van der Waals surface area (Å²) in [7, 11) is 6.68. The maximum absolute atomic E-state index is 13.7. The van der Waals surface area contributed by atoms with Crippen LogP contribution in [0.25, 0.3) is 32.8 Å². The number of aliphatic carboxylic acids is 1. The van der Waals surface area contributed by atoms with Gasteiger partial charge in [0.1, 0.15) is 47.6 Å². The molecule has 12 nitrogen and oxygen atoms in total. The molecular weight excluding hydrogens is 1090 g/mol. The number of carboxylic acid groups (broad SMARTS) is 2. The van der Waals surface area contributed by atoms with Crippen LogP contribution in [0.4, 0.5) is 4.39 Å². The molecule has 3 unspecified atom stereocenters. The standard InChI is InChI=1S/C34H39ClFNO3.C20H24N2O3.C7H17N.C7H16.C2H6.CH2O2/c1-7-26(34(38)39)29(11-9-19-40-31-12-8-10-24-20-25(36)13-14-28(24)31)27-15-16-30(35)33(22(27)3)32-21(2)17-18-37(5,6)23(32)4;1-3-6-18(24)16(8-5-11-23)17-13-15-7-4-9-19(25-12-10-21)20(15)22-14(17)2;1-4-6-8(3)7-5-2;1-4-6-7(3)5-2;1-2;2-1-3/h8,10,12-16,20,23H,7,9,11,17-19H2,1-6H3;4,7,9-11,13,16,21H,3,5-6,8,12H2,1-2H3;4-7H2,1-3H3;7H,4-6H2,1-3H3;1-2H3;1H,(H,2,3)/p+1/b29-26+;;;;;. The van der Waals surface area contributed by atoms with Crippen molar-refractivity contribution in [2.24, 2.45) is 5.92 Å². The van der Waals surface area contributed by atoms with Gasteiger partial charge in [0.2, 0.25) is 0 Å². The van der Waals surface area contributed by atoms with Crippen molar-refractivity contribution in [3.63, 3.8) is 0 Å². The van der Waals surface area contributed by atoms with E-state index in [-0.39, 0.29) is 36.6 Å². The number of Topliss-reactive ketones (excluding diaryl/α,β-unsaturated/α-hetero) is 1. The summed E-state index contributed by atoms with van der Waals surface area (Å²) >= 11 is 6.87. The minimum atomic E-state index is -0.898. The number of ether oxygens (including phenoxy) is 2. The molecule has 0 bridgehead atoms. The predicted molar refractivity (Wildman–Crippen MR) is 355 cm³/mol. The molecule has 2 heterocycles. The SMILES string of the molecule is CC.CC/C(C(=O)O)=C(/CCCOc1cccc2cc(F)ccc12)c1ccc(Cl)c(C2=C(C)CC[N+](C)(C)C2C)c1C.CCCC(=O)C(CCC=O)c1cc2cccc(OCC=N)c2nc1C.CCCC(C)CC.CCCN(C)CCC.O=CO. The lowest BCUT2D eigenvalue weighted by Crippen LogP contribution is -2.51. The first-order valence-corrected chi connectivity index (χ1v) is 31.3. The van der Waals surface area contributed by atoms with Crippen LogP contribution in [0.2, 0.25) is 5.02 Å². The Morgan fingerprint density at radius 1 is 0.871 bits per heavy atom. The highest BCUT2D eigenvalue weighted by Gasteiger charge is 2.36. The van der Waals surface area contributed by atoms with E-state index in [1.807, 2.05) is 89.2 Å². The van der Waals surface area contributed by atoms with Crippen molar-refractivity contribution in [3.05, 3.63) is 123 Å². The Labute approximate surface area is 515 Å². The number of aldehydes is 1. The van der Waals surface area contributed by atoms with Crippen molar-refractivity contribution in [3.8, 4) is 11.5 Å². The highest BCUT2D eigenvalue weighted by molar-refractivity contribution is 6.32. The lowest BCUT2D eigenvalue weighted by molar-refractivity contribution is -0.905. The van der Waals surface area contributed by atoms with E-state index < -0.39 is 5.97 Å². The second-order valence-corrected chi connectivity index (χ2v) is 22.5. The van der Waals surface area contributed by atoms with E-state index in [1.165, 1.54) is 74.7 Å². The number of carboxylic acids is 1. The number of carbonyl (C=O) groups excluding carboxylic acids is 2. The minimum absolute atomic E-state index is 0.157. The third-order valence-electron chi connectivity index (χ3n) is 15.5. The number of pyridine rings is 1. The van der Waals surface area contributed by atoms with E-state index >= 15 is 0 Å². The Hall–Kier alpha value is -6.28. The summed E-state index contributed by atoms with van der Waals surface area (Å²) in [6, 6.07) is 22.0. The Balaban J connectivity index is 0.000000677. The number of rotatable bonds is 26. The van der Waals surface area contributed by atoms with Gasteiger partial charge in [-0.05, 0) is 169 Å². The highest BCUT2D eigenvalue weighted by atomic mass is 35.5. The van der Waals surface area contributed by atoms with Crippen molar-refractivity contribution < 1.29 is 47.7 Å². The van der Waals surface area contributed by atoms with Crippen LogP contribution in [0.3, 0.4) is 0 Å². The quantitative estimate of drug-likeness (QED) is 0.0159. The zero-order valence-electron chi connectivity index (χ0n) is 54.6. The average Bonchev–Trinajstić information content (AvgIpc) is 3.53. The van der Waals surface area contributed by atoms with Crippen molar-refractivity contribution in [2.75, 3.05) is 54.0 Å². The van der Waals surface area contributed by atoms with Crippen LogP contribution in [0, 0.1) is 31.0 Å². The third-order valence-corrected chi connectivity index (χ3v) is 15.8.